The first kappa shape index (κ1) is 20.7. The van der Waals surface area contributed by atoms with E-state index < -0.39 is 0 Å². The van der Waals surface area contributed by atoms with Gasteiger partial charge in [0, 0.05) is 0 Å². The summed E-state index contributed by atoms with van der Waals surface area (Å²) in [6, 6.07) is 10.2. The Hall–Kier alpha value is -1.32. The molecule has 1 aromatic carbocycles. The number of rotatable bonds is 13. The third-order valence-electron chi connectivity index (χ3n) is 3.91. The van der Waals surface area contributed by atoms with E-state index in [2.05, 4.69) is 54.2 Å². The van der Waals surface area contributed by atoms with E-state index in [9.17, 15) is 0 Å². The van der Waals surface area contributed by atoms with Gasteiger partial charge in [0.05, 0.1) is 12.9 Å². The summed E-state index contributed by atoms with van der Waals surface area (Å²) in [5.74, 6) is 0.966. The second kappa shape index (κ2) is 13.0. The highest BCUT2D eigenvalue weighted by Crippen LogP contribution is 2.25. The Bertz CT molecular complexity index is 484. The predicted molar refractivity (Wildman–Crippen MR) is 106 cm³/mol. The molecule has 0 saturated heterocycles. The monoisotopic (exact) mass is 392 g/mol. The molecule has 24 heavy (non-hydrogen) atoms. The molecule has 0 aliphatic carbocycles. The van der Waals surface area contributed by atoms with E-state index in [4.69, 9.17) is 9.47 Å². The lowest BCUT2D eigenvalue weighted by Gasteiger charge is -2.21. The SMILES string of the molecule is C=CCO/C=C/[C@H](CCC(Br)OCc1ccccc1)[C@H](C)CC=C. The molecule has 0 amide bonds. The maximum absolute atomic E-state index is 5.89. The molecule has 0 radical (unpaired) electrons. The lowest BCUT2D eigenvalue weighted by molar-refractivity contribution is 0.0931. The van der Waals surface area contributed by atoms with E-state index in [1.54, 1.807) is 12.3 Å². The predicted octanol–water partition coefficient (Wildman–Crippen LogP) is 6.25. The van der Waals surface area contributed by atoms with Crippen molar-refractivity contribution in [1.82, 2.24) is 0 Å². The van der Waals surface area contributed by atoms with Gasteiger partial charge in [0.1, 0.15) is 11.6 Å². The summed E-state index contributed by atoms with van der Waals surface area (Å²) in [5.41, 5.74) is 1.19. The molecular formula is C21H29BrO2. The van der Waals surface area contributed by atoms with Gasteiger partial charge in [-0.05, 0) is 42.7 Å². The summed E-state index contributed by atoms with van der Waals surface area (Å²) < 4.78 is 11.3. The molecule has 0 aromatic heterocycles. The molecule has 0 bridgehead atoms. The molecule has 3 atom stereocenters. The van der Waals surface area contributed by atoms with Gasteiger partial charge >= 0.3 is 0 Å². The van der Waals surface area contributed by atoms with Crippen LogP contribution in [0.2, 0.25) is 0 Å². The molecule has 0 fully saturated rings. The number of halogens is 1. The normalized spacial score (nSPS) is 14.9. The van der Waals surface area contributed by atoms with Crippen LogP contribution in [0.15, 0.2) is 68.0 Å². The van der Waals surface area contributed by atoms with Crippen LogP contribution in [-0.2, 0) is 16.1 Å². The third-order valence-corrected chi connectivity index (χ3v) is 4.63. The van der Waals surface area contributed by atoms with Crippen molar-refractivity contribution >= 4 is 15.9 Å². The van der Waals surface area contributed by atoms with Crippen LogP contribution in [0.5, 0.6) is 0 Å². The van der Waals surface area contributed by atoms with Gasteiger partial charge in [-0.15, -0.1) is 6.58 Å². The zero-order valence-electron chi connectivity index (χ0n) is 14.6. The Morgan fingerprint density at radius 2 is 1.88 bits per heavy atom. The van der Waals surface area contributed by atoms with Crippen molar-refractivity contribution in [2.75, 3.05) is 6.61 Å². The van der Waals surface area contributed by atoms with Gasteiger partial charge in [0.25, 0.3) is 0 Å². The highest BCUT2D eigenvalue weighted by Gasteiger charge is 2.16. The molecule has 132 valence electrons. The van der Waals surface area contributed by atoms with Crippen LogP contribution < -0.4 is 0 Å². The summed E-state index contributed by atoms with van der Waals surface area (Å²) in [5, 5.41) is 0.0543. The number of benzene rings is 1. The fourth-order valence-electron chi connectivity index (χ4n) is 2.46. The lowest BCUT2D eigenvalue weighted by Crippen LogP contribution is -2.13. The third kappa shape index (κ3) is 9.09. The Morgan fingerprint density at radius 3 is 2.54 bits per heavy atom. The first-order chi connectivity index (χ1) is 11.7. The van der Waals surface area contributed by atoms with E-state index in [1.165, 1.54) is 5.56 Å². The molecule has 1 rings (SSSR count). The highest BCUT2D eigenvalue weighted by atomic mass is 79.9. The molecular weight excluding hydrogens is 364 g/mol. The van der Waals surface area contributed by atoms with Crippen molar-refractivity contribution in [3.05, 3.63) is 73.5 Å². The Labute approximate surface area is 155 Å². The zero-order valence-corrected chi connectivity index (χ0v) is 16.2. The number of hydrogen-bond donors (Lipinski definition) is 0. The fraction of sp³-hybridized carbons (Fsp3) is 0.429. The van der Waals surface area contributed by atoms with E-state index in [-0.39, 0.29) is 5.01 Å². The molecule has 0 aliphatic rings. The zero-order chi connectivity index (χ0) is 17.6. The van der Waals surface area contributed by atoms with Crippen LogP contribution in [0.3, 0.4) is 0 Å². The van der Waals surface area contributed by atoms with Crippen LogP contribution in [0, 0.1) is 11.8 Å². The molecule has 1 unspecified atom stereocenters. The van der Waals surface area contributed by atoms with Crippen LogP contribution in [0.4, 0.5) is 0 Å². The van der Waals surface area contributed by atoms with Crippen molar-refractivity contribution < 1.29 is 9.47 Å². The van der Waals surface area contributed by atoms with Crippen molar-refractivity contribution in [3.8, 4) is 0 Å². The Kier molecular flexibility index (Phi) is 11.2. The second-order valence-electron chi connectivity index (χ2n) is 5.90. The van der Waals surface area contributed by atoms with Gasteiger partial charge in [0.15, 0.2) is 0 Å². The number of allylic oxidation sites excluding steroid dienone is 2. The first-order valence-electron chi connectivity index (χ1n) is 8.47. The Balaban J connectivity index is 2.42. The molecule has 0 aliphatic heterocycles. The van der Waals surface area contributed by atoms with Gasteiger partial charge in [0.2, 0.25) is 0 Å². The smallest absolute Gasteiger partial charge is 0.113 e. The Morgan fingerprint density at radius 1 is 1.12 bits per heavy atom. The summed E-state index contributed by atoms with van der Waals surface area (Å²) >= 11 is 3.63. The maximum Gasteiger partial charge on any atom is 0.113 e. The van der Waals surface area contributed by atoms with Gasteiger partial charge in [-0.2, -0.15) is 0 Å². The maximum atomic E-state index is 5.89. The molecule has 1 aromatic rings. The van der Waals surface area contributed by atoms with Crippen LogP contribution >= 0.6 is 15.9 Å². The molecule has 0 heterocycles. The minimum absolute atomic E-state index is 0.0543. The van der Waals surface area contributed by atoms with Crippen molar-refractivity contribution in [1.29, 1.82) is 0 Å². The summed E-state index contributed by atoms with van der Waals surface area (Å²) in [4.78, 5) is 0. The largest absolute Gasteiger partial charge is 0.497 e. The van der Waals surface area contributed by atoms with Gasteiger partial charge in [-0.25, -0.2) is 0 Å². The molecule has 0 spiro atoms. The summed E-state index contributed by atoms with van der Waals surface area (Å²) in [6.45, 7) is 10.9. The van der Waals surface area contributed by atoms with Gasteiger partial charge < -0.3 is 9.47 Å². The molecule has 3 heteroatoms. The summed E-state index contributed by atoms with van der Waals surface area (Å²) in [6.07, 6.45) is 10.6. The van der Waals surface area contributed by atoms with Crippen LogP contribution in [-0.4, -0.2) is 11.6 Å². The van der Waals surface area contributed by atoms with E-state index in [1.807, 2.05) is 24.3 Å². The first-order valence-corrected chi connectivity index (χ1v) is 9.38. The van der Waals surface area contributed by atoms with Crippen molar-refractivity contribution in [3.63, 3.8) is 0 Å². The minimum atomic E-state index is 0.0543. The van der Waals surface area contributed by atoms with Gasteiger partial charge in [-0.3, -0.25) is 0 Å². The molecule has 0 saturated carbocycles. The average Bonchev–Trinajstić information content (AvgIpc) is 2.60. The molecule has 0 N–H and O–H groups in total. The van der Waals surface area contributed by atoms with Crippen LogP contribution in [0.25, 0.3) is 0 Å². The lowest BCUT2D eigenvalue weighted by atomic mass is 9.87. The van der Waals surface area contributed by atoms with Gasteiger partial charge in [-0.1, -0.05) is 71.9 Å². The number of alkyl halides is 1. The van der Waals surface area contributed by atoms with Crippen molar-refractivity contribution in [2.24, 2.45) is 11.8 Å². The van der Waals surface area contributed by atoms with E-state index in [0.29, 0.717) is 25.0 Å². The number of ether oxygens (including phenoxy) is 2. The quantitative estimate of drug-likeness (QED) is 0.171. The second-order valence-corrected chi connectivity index (χ2v) is 6.92. The molecule has 2 nitrogen and oxygen atoms in total. The minimum Gasteiger partial charge on any atom is -0.497 e. The summed E-state index contributed by atoms with van der Waals surface area (Å²) in [7, 11) is 0. The fourth-order valence-corrected chi connectivity index (χ4v) is 2.85. The van der Waals surface area contributed by atoms with E-state index in [0.717, 1.165) is 19.3 Å². The highest BCUT2D eigenvalue weighted by molar-refractivity contribution is 9.09. The standard InChI is InChI=1S/C21H29BrO2/c1-4-9-18(3)20(14-16-23-15-5-2)12-13-21(22)24-17-19-10-7-6-8-11-19/h4-8,10-11,14,16,18,20-21H,1-2,9,12-13,15,17H2,3H3/b16-14+/t18-,20+,21?/m1/s1. The van der Waals surface area contributed by atoms with Crippen molar-refractivity contribution in [2.45, 2.75) is 37.8 Å². The average molecular weight is 393 g/mol. The van der Waals surface area contributed by atoms with E-state index >= 15 is 0 Å². The van der Waals surface area contributed by atoms with Crippen LogP contribution in [0.1, 0.15) is 31.7 Å². The topological polar surface area (TPSA) is 18.5 Å². The number of hydrogen-bond acceptors (Lipinski definition) is 2.